The molecule has 4 nitrogen and oxygen atoms in total. The molecule has 1 rings (SSSR count). The predicted octanol–water partition coefficient (Wildman–Crippen LogP) is 0.620. The number of hydrogen-bond donors (Lipinski definition) is 0. The third-order valence-electron chi connectivity index (χ3n) is 2.43. The van der Waals surface area contributed by atoms with Crippen molar-refractivity contribution < 1.29 is 26.7 Å². The fraction of sp³-hybridized carbons (Fsp3) is 0.875. The minimum Gasteiger partial charge on any atom is -0.469 e. The summed E-state index contributed by atoms with van der Waals surface area (Å²) >= 11 is 0. The summed E-state index contributed by atoms with van der Waals surface area (Å²) in [7, 11) is -2.56. The molecule has 1 aliphatic rings. The summed E-state index contributed by atoms with van der Waals surface area (Å²) in [6.07, 6.45) is -0.622. The maximum absolute atomic E-state index is 13.3. The standard InChI is InChI=1S/C8H12F2O4S/c1-14-7(11)4-6-2-3-15(12,13)5-8(6,9)10/h6H,2-5H2,1H3. The third kappa shape index (κ3) is 3.12. The zero-order chi connectivity index (χ0) is 11.7. The molecule has 1 heterocycles. The average molecular weight is 242 g/mol. The van der Waals surface area contributed by atoms with E-state index in [2.05, 4.69) is 4.74 Å². The highest BCUT2D eigenvalue weighted by Crippen LogP contribution is 2.36. The molecule has 0 N–H and O–H groups in total. The molecule has 0 aromatic carbocycles. The summed E-state index contributed by atoms with van der Waals surface area (Å²) in [5.74, 6) is -6.75. The smallest absolute Gasteiger partial charge is 0.306 e. The lowest BCUT2D eigenvalue weighted by atomic mass is 9.95. The minimum atomic E-state index is -3.67. The molecule has 0 saturated carbocycles. The molecule has 1 atom stereocenters. The van der Waals surface area contributed by atoms with Crippen LogP contribution >= 0.6 is 0 Å². The third-order valence-corrected chi connectivity index (χ3v) is 4.11. The zero-order valence-electron chi connectivity index (χ0n) is 8.20. The van der Waals surface area contributed by atoms with Crippen molar-refractivity contribution in [3.63, 3.8) is 0 Å². The Balaban J connectivity index is 2.73. The molecular formula is C8H12F2O4S. The number of hydrogen-bond acceptors (Lipinski definition) is 4. The van der Waals surface area contributed by atoms with Crippen molar-refractivity contribution in [2.45, 2.75) is 18.8 Å². The fourth-order valence-electron chi connectivity index (χ4n) is 1.55. The molecule has 1 saturated heterocycles. The van der Waals surface area contributed by atoms with Gasteiger partial charge in [-0.3, -0.25) is 4.79 Å². The van der Waals surface area contributed by atoms with Gasteiger partial charge in [0.1, 0.15) is 5.75 Å². The Bertz CT molecular complexity index is 350. The van der Waals surface area contributed by atoms with E-state index in [-0.39, 0.29) is 12.2 Å². The van der Waals surface area contributed by atoms with Crippen LogP contribution in [0.4, 0.5) is 8.78 Å². The quantitative estimate of drug-likeness (QED) is 0.666. The highest BCUT2D eigenvalue weighted by atomic mass is 32.2. The monoisotopic (exact) mass is 242 g/mol. The van der Waals surface area contributed by atoms with Gasteiger partial charge in [0, 0.05) is 5.92 Å². The molecule has 0 spiro atoms. The molecule has 0 aromatic heterocycles. The van der Waals surface area contributed by atoms with Gasteiger partial charge in [-0.15, -0.1) is 0 Å². The number of halogens is 2. The van der Waals surface area contributed by atoms with E-state index in [1.807, 2.05) is 0 Å². The predicted molar refractivity (Wildman–Crippen MR) is 48.3 cm³/mol. The highest BCUT2D eigenvalue weighted by molar-refractivity contribution is 7.91. The molecule has 0 bridgehead atoms. The van der Waals surface area contributed by atoms with Gasteiger partial charge in [0.05, 0.1) is 19.3 Å². The van der Waals surface area contributed by atoms with Gasteiger partial charge >= 0.3 is 5.97 Å². The highest BCUT2D eigenvalue weighted by Gasteiger charge is 2.48. The van der Waals surface area contributed by atoms with E-state index in [9.17, 15) is 22.0 Å². The van der Waals surface area contributed by atoms with E-state index in [0.29, 0.717) is 0 Å². The van der Waals surface area contributed by atoms with Gasteiger partial charge in [-0.1, -0.05) is 0 Å². The maximum atomic E-state index is 13.3. The molecule has 1 fully saturated rings. The van der Waals surface area contributed by atoms with E-state index in [4.69, 9.17) is 0 Å². The molecule has 88 valence electrons. The Morgan fingerprint density at radius 3 is 2.60 bits per heavy atom. The summed E-state index contributed by atoms with van der Waals surface area (Å²) in [5, 5.41) is 0. The van der Waals surface area contributed by atoms with Crippen LogP contribution < -0.4 is 0 Å². The van der Waals surface area contributed by atoms with Gasteiger partial charge in [-0.05, 0) is 6.42 Å². The van der Waals surface area contributed by atoms with Crippen molar-refractivity contribution in [1.82, 2.24) is 0 Å². The van der Waals surface area contributed by atoms with Crippen LogP contribution in [0, 0.1) is 5.92 Å². The summed E-state index contributed by atoms with van der Waals surface area (Å²) < 4.78 is 52.8. The first-order valence-corrected chi connectivity index (χ1v) is 6.24. The minimum absolute atomic E-state index is 0.190. The van der Waals surface area contributed by atoms with Gasteiger partial charge in [0.2, 0.25) is 0 Å². The lowest BCUT2D eigenvalue weighted by molar-refractivity contribution is -0.146. The number of methoxy groups -OCH3 is 1. The van der Waals surface area contributed by atoms with Crippen LogP contribution in [-0.4, -0.2) is 38.9 Å². The molecule has 7 heteroatoms. The Hall–Kier alpha value is -0.720. The molecular weight excluding hydrogens is 230 g/mol. The first kappa shape index (κ1) is 12.4. The van der Waals surface area contributed by atoms with E-state index < -0.39 is 39.8 Å². The van der Waals surface area contributed by atoms with Gasteiger partial charge < -0.3 is 4.74 Å². The Kier molecular flexibility index (Phi) is 3.32. The fourth-order valence-corrected chi connectivity index (χ4v) is 3.16. The van der Waals surface area contributed by atoms with Crippen molar-refractivity contribution in [3.8, 4) is 0 Å². The number of sulfone groups is 1. The topological polar surface area (TPSA) is 60.4 Å². The van der Waals surface area contributed by atoms with Crippen LogP contribution in [0.25, 0.3) is 0 Å². The first-order valence-electron chi connectivity index (χ1n) is 4.42. The maximum Gasteiger partial charge on any atom is 0.306 e. The second kappa shape index (κ2) is 4.03. The summed E-state index contributed by atoms with van der Waals surface area (Å²) in [4.78, 5) is 10.8. The average Bonchev–Trinajstić information content (AvgIpc) is 2.07. The van der Waals surface area contributed by atoms with Gasteiger partial charge in [0.15, 0.2) is 9.84 Å². The SMILES string of the molecule is COC(=O)CC1CCS(=O)(=O)CC1(F)F. The number of carbonyl (C=O) groups excluding carboxylic acids is 1. The second-order valence-corrected chi connectivity index (χ2v) is 5.80. The van der Waals surface area contributed by atoms with E-state index in [1.165, 1.54) is 0 Å². The van der Waals surface area contributed by atoms with E-state index in [1.54, 1.807) is 0 Å². The number of esters is 1. The zero-order valence-corrected chi connectivity index (χ0v) is 9.02. The largest absolute Gasteiger partial charge is 0.469 e. The van der Waals surface area contributed by atoms with Gasteiger partial charge in [0.25, 0.3) is 5.92 Å². The molecule has 15 heavy (non-hydrogen) atoms. The normalized spacial score (nSPS) is 28.3. The van der Waals surface area contributed by atoms with Crippen LogP contribution in [0.15, 0.2) is 0 Å². The van der Waals surface area contributed by atoms with Crippen molar-refractivity contribution >= 4 is 15.8 Å². The first-order chi connectivity index (χ1) is 6.77. The van der Waals surface area contributed by atoms with Gasteiger partial charge in [-0.25, -0.2) is 17.2 Å². The number of alkyl halides is 2. The van der Waals surface area contributed by atoms with Crippen LogP contribution in [0.1, 0.15) is 12.8 Å². The van der Waals surface area contributed by atoms with Crippen LogP contribution in [-0.2, 0) is 19.4 Å². The lowest BCUT2D eigenvalue weighted by Gasteiger charge is -2.30. The lowest BCUT2D eigenvalue weighted by Crippen LogP contribution is -2.43. The van der Waals surface area contributed by atoms with E-state index >= 15 is 0 Å². The summed E-state index contributed by atoms with van der Waals surface area (Å²) in [6, 6.07) is 0. The van der Waals surface area contributed by atoms with Crippen LogP contribution in [0.5, 0.6) is 0 Å². The number of carbonyl (C=O) groups is 1. The number of ether oxygens (including phenoxy) is 1. The summed E-state index contributed by atoms with van der Waals surface area (Å²) in [6.45, 7) is 0. The van der Waals surface area contributed by atoms with E-state index in [0.717, 1.165) is 7.11 Å². The second-order valence-electron chi connectivity index (χ2n) is 3.62. The van der Waals surface area contributed by atoms with Crippen molar-refractivity contribution in [3.05, 3.63) is 0 Å². The molecule has 1 aliphatic heterocycles. The van der Waals surface area contributed by atoms with Crippen molar-refractivity contribution in [1.29, 1.82) is 0 Å². The van der Waals surface area contributed by atoms with Crippen molar-refractivity contribution in [2.75, 3.05) is 18.6 Å². The van der Waals surface area contributed by atoms with Gasteiger partial charge in [-0.2, -0.15) is 0 Å². The molecule has 0 radical (unpaired) electrons. The summed E-state index contributed by atoms with van der Waals surface area (Å²) in [5.41, 5.74) is 0. The van der Waals surface area contributed by atoms with Crippen LogP contribution in [0.2, 0.25) is 0 Å². The Labute approximate surface area is 86.5 Å². The number of rotatable bonds is 2. The Morgan fingerprint density at radius 1 is 1.53 bits per heavy atom. The Morgan fingerprint density at radius 2 is 2.13 bits per heavy atom. The molecule has 0 amide bonds. The molecule has 0 aromatic rings. The molecule has 1 unspecified atom stereocenters. The molecule has 0 aliphatic carbocycles. The van der Waals surface area contributed by atoms with Crippen molar-refractivity contribution in [2.24, 2.45) is 5.92 Å². The van der Waals surface area contributed by atoms with Crippen LogP contribution in [0.3, 0.4) is 0 Å².